The number of rotatable bonds is 2. The maximum atomic E-state index is 5.79. The van der Waals surface area contributed by atoms with Crippen molar-refractivity contribution in [3.63, 3.8) is 0 Å². The molecule has 0 unspecified atom stereocenters. The molecule has 8 heteroatoms. The van der Waals surface area contributed by atoms with E-state index < -0.39 is 0 Å². The molecule has 3 heterocycles. The number of thioether (sulfide) groups is 1. The second-order valence-corrected chi connectivity index (χ2v) is 6.01. The summed E-state index contributed by atoms with van der Waals surface area (Å²) in [5.41, 5.74) is 6.67. The van der Waals surface area contributed by atoms with Gasteiger partial charge in [-0.25, -0.2) is 9.97 Å². The number of nitrogen functional groups attached to an aromatic ring is 1. The first-order valence-corrected chi connectivity index (χ1v) is 7.76. The molecule has 1 aliphatic heterocycles. The number of nitrogens with one attached hydrogen (secondary N) is 1. The monoisotopic (exact) mass is 282 g/mol. The fourth-order valence-electron chi connectivity index (χ4n) is 1.99. The number of hydrogen-bond donors (Lipinski definition) is 2. The molecule has 1 aliphatic rings. The third kappa shape index (κ3) is 2.11. The van der Waals surface area contributed by atoms with E-state index in [1.165, 1.54) is 0 Å². The highest BCUT2D eigenvalue weighted by Crippen LogP contribution is 2.32. The van der Waals surface area contributed by atoms with Crippen LogP contribution in [-0.2, 0) is 0 Å². The summed E-state index contributed by atoms with van der Waals surface area (Å²) in [5.74, 6) is 1.20. The predicted molar refractivity (Wildman–Crippen MR) is 76.5 cm³/mol. The number of fused-ring (bicyclic) bond motifs is 1. The first kappa shape index (κ1) is 11.9. The van der Waals surface area contributed by atoms with Crippen molar-refractivity contribution < 1.29 is 0 Å². The Morgan fingerprint density at radius 1 is 1.28 bits per heavy atom. The number of piperazine rings is 1. The predicted octanol–water partition coefficient (Wildman–Crippen LogP) is 0.800. The van der Waals surface area contributed by atoms with Crippen molar-refractivity contribution >= 4 is 45.2 Å². The van der Waals surface area contributed by atoms with Crippen LogP contribution in [0.3, 0.4) is 0 Å². The summed E-state index contributed by atoms with van der Waals surface area (Å²) < 4.78 is 1.00. The molecule has 0 atom stereocenters. The average Bonchev–Trinajstić information content (AvgIpc) is 2.81. The molecule has 0 aromatic carbocycles. The summed E-state index contributed by atoms with van der Waals surface area (Å²) >= 11 is 3.19. The minimum absolute atomic E-state index is 0.326. The van der Waals surface area contributed by atoms with Gasteiger partial charge in [-0.2, -0.15) is 4.98 Å². The smallest absolute Gasteiger partial charge is 0.223 e. The maximum absolute atomic E-state index is 5.79. The number of nitrogens with two attached hydrogens (primary N) is 1. The van der Waals surface area contributed by atoms with Gasteiger partial charge in [0.25, 0.3) is 0 Å². The SMILES string of the molecule is CSc1nc2c(N3CCNCC3)nc(N)nc2s1. The van der Waals surface area contributed by atoms with E-state index >= 15 is 0 Å². The van der Waals surface area contributed by atoms with E-state index in [0.29, 0.717) is 5.95 Å². The molecule has 1 fully saturated rings. The summed E-state index contributed by atoms with van der Waals surface area (Å²) in [6.45, 7) is 3.78. The van der Waals surface area contributed by atoms with E-state index in [2.05, 4.69) is 25.2 Å². The number of nitrogens with zero attached hydrogens (tertiary/aromatic N) is 4. The lowest BCUT2D eigenvalue weighted by Gasteiger charge is -2.28. The Kier molecular flexibility index (Phi) is 3.23. The average molecular weight is 282 g/mol. The summed E-state index contributed by atoms with van der Waals surface area (Å²) in [5, 5.41) is 3.33. The van der Waals surface area contributed by atoms with Crippen LogP contribution in [0, 0.1) is 0 Å². The number of thiazole rings is 1. The largest absolute Gasteiger partial charge is 0.368 e. The summed E-state index contributed by atoms with van der Waals surface area (Å²) in [6.07, 6.45) is 2.01. The van der Waals surface area contributed by atoms with Gasteiger partial charge in [0, 0.05) is 26.2 Å². The van der Waals surface area contributed by atoms with Crippen LogP contribution < -0.4 is 16.0 Å². The lowest BCUT2D eigenvalue weighted by Crippen LogP contribution is -2.44. The lowest BCUT2D eigenvalue weighted by molar-refractivity contribution is 0.586. The fraction of sp³-hybridized carbons (Fsp3) is 0.500. The molecule has 0 bridgehead atoms. The Morgan fingerprint density at radius 2 is 2.06 bits per heavy atom. The van der Waals surface area contributed by atoms with Crippen molar-refractivity contribution in [2.75, 3.05) is 43.1 Å². The molecule has 0 aliphatic carbocycles. The quantitative estimate of drug-likeness (QED) is 0.789. The van der Waals surface area contributed by atoms with Gasteiger partial charge >= 0.3 is 0 Å². The number of hydrogen-bond acceptors (Lipinski definition) is 8. The number of anilines is 2. The van der Waals surface area contributed by atoms with E-state index in [1.807, 2.05) is 6.26 Å². The van der Waals surface area contributed by atoms with Crippen LogP contribution >= 0.6 is 23.1 Å². The van der Waals surface area contributed by atoms with Gasteiger partial charge < -0.3 is 16.0 Å². The maximum Gasteiger partial charge on any atom is 0.223 e. The molecular formula is C10H14N6S2. The van der Waals surface area contributed by atoms with E-state index in [4.69, 9.17) is 5.73 Å². The standard InChI is InChI=1S/C10H14N6S2/c1-17-10-13-6-7(16-4-2-12-3-5-16)14-9(11)15-8(6)18-10/h12H,2-5H2,1H3,(H2,11,14,15). The van der Waals surface area contributed by atoms with Crippen molar-refractivity contribution in [2.24, 2.45) is 0 Å². The minimum Gasteiger partial charge on any atom is -0.368 e. The van der Waals surface area contributed by atoms with Gasteiger partial charge in [-0.3, -0.25) is 0 Å². The van der Waals surface area contributed by atoms with Crippen molar-refractivity contribution in [1.29, 1.82) is 0 Å². The molecule has 0 amide bonds. The normalized spacial score (nSPS) is 16.4. The van der Waals surface area contributed by atoms with Crippen molar-refractivity contribution in [2.45, 2.75) is 4.34 Å². The Morgan fingerprint density at radius 3 is 2.78 bits per heavy atom. The second-order valence-electron chi connectivity index (χ2n) is 3.98. The van der Waals surface area contributed by atoms with Gasteiger partial charge in [0.1, 0.15) is 5.52 Å². The van der Waals surface area contributed by atoms with Gasteiger partial charge in [-0.05, 0) is 6.26 Å². The van der Waals surface area contributed by atoms with E-state index in [0.717, 1.165) is 46.7 Å². The summed E-state index contributed by atoms with van der Waals surface area (Å²) in [6, 6.07) is 0. The molecule has 0 radical (unpaired) electrons. The van der Waals surface area contributed by atoms with Crippen LogP contribution in [0.5, 0.6) is 0 Å². The van der Waals surface area contributed by atoms with Crippen LogP contribution in [0.25, 0.3) is 10.3 Å². The van der Waals surface area contributed by atoms with Gasteiger partial charge in [-0.15, -0.1) is 0 Å². The highest BCUT2D eigenvalue weighted by Gasteiger charge is 2.19. The van der Waals surface area contributed by atoms with Crippen molar-refractivity contribution in [1.82, 2.24) is 20.3 Å². The van der Waals surface area contributed by atoms with Gasteiger partial charge in [-0.1, -0.05) is 23.1 Å². The van der Waals surface area contributed by atoms with Crippen LogP contribution in [0.1, 0.15) is 0 Å². The van der Waals surface area contributed by atoms with Gasteiger partial charge in [0.2, 0.25) is 5.95 Å². The highest BCUT2D eigenvalue weighted by molar-refractivity contribution is 8.00. The third-order valence-corrected chi connectivity index (χ3v) is 4.76. The molecule has 96 valence electrons. The Bertz CT molecular complexity index is 563. The summed E-state index contributed by atoms with van der Waals surface area (Å²) in [7, 11) is 0. The Balaban J connectivity index is 2.10. The minimum atomic E-state index is 0.326. The van der Waals surface area contributed by atoms with Gasteiger partial charge in [0.15, 0.2) is 15.0 Å². The van der Waals surface area contributed by atoms with Gasteiger partial charge in [0.05, 0.1) is 0 Å². The van der Waals surface area contributed by atoms with Crippen LogP contribution in [-0.4, -0.2) is 47.4 Å². The Hall–Kier alpha value is -1.12. The third-order valence-electron chi connectivity index (χ3n) is 2.83. The van der Waals surface area contributed by atoms with Crippen molar-refractivity contribution in [3.05, 3.63) is 0 Å². The van der Waals surface area contributed by atoms with E-state index in [9.17, 15) is 0 Å². The lowest BCUT2D eigenvalue weighted by atomic mass is 10.3. The molecule has 2 aromatic heterocycles. The second kappa shape index (κ2) is 4.87. The topological polar surface area (TPSA) is 80.0 Å². The molecule has 3 rings (SSSR count). The van der Waals surface area contributed by atoms with Crippen LogP contribution in [0.15, 0.2) is 4.34 Å². The molecule has 2 aromatic rings. The van der Waals surface area contributed by atoms with E-state index in [1.54, 1.807) is 23.1 Å². The highest BCUT2D eigenvalue weighted by atomic mass is 32.2. The van der Waals surface area contributed by atoms with Crippen molar-refractivity contribution in [3.8, 4) is 0 Å². The fourth-order valence-corrected chi connectivity index (χ4v) is 3.42. The molecule has 0 saturated carbocycles. The van der Waals surface area contributed by atoms with E-state index in [-0.39, 0.29) is 0 Å². The number of aromatic nitrogens is 3. The zero-order valence-corrected chi connectivity index (χ0v) is 11.6. The first-order valence-electron chi connectivity index (χ1n) is 5.71. The summed E-state index contributed by atoms with van der Waals surface area (Å²) in [4.78, 5) is 16.3. The molecule has 0 spiro atoms. The first-order chi connectivity index (χ1) is 8.78. The van der Waals surface area contributed by atoms with Crippen LogP contribution in [0.2, 0.25) is 0 Å². The molecular weight excluding hydrogens is 268 g/mol. The Labute approximate surface area is 113 Å². The zero-order chi connectivity index (χ0) is 12.5. The van der Waals surface area contributed by atoms with Crippen LogP contribution in [0.4, 0.5) is 11.8 Å². The molecule has 18 heavy (non-hydrogen) atoms. The molecule has 6 nitrogen and oxygen atoms in total. The zero-order valence-electron chi connectivity index (χ0n) is 10.0. The molecule has 1 saturated heterocycles. The molecule has 3 N–H and O–H groups in total.